The SMILES string of the molecule is CC.Cc1ccc(-c2ccc(C)c(C)n2)c(C)c1. The van der Waals surface area contributed by atoms with Crippen LogP contribution >= 0.6 is 0 Å². The van der Waals surface area contributed by atoms with E-state index in [1.165, 1.54) is 22.3 Å². The summed E-state index contributed by atoms with van der Waals surface area (Å²) >= 11 is 0. The second-order valence-electron chi connectivity index (χ2n) is 4.42. The van der Waals surface area contributed by atoms with Crippen LogP contribution in [0.5, 0.6) is 0 Å². The lowest BCUT2D eigenvalue weighted by molar-refractivity contribution is 1.15. The summed E-state index contributed by atoms with van der Waals surface area (Å²) in [6.07, 6.45) is 0. The number of nitrogens with zero attached hydrogens (tertiary/aromatic N) is 1. The van der Waals surface area contributed by atoms with Crippen LogP contribution in [0.2, 0.25) is 0 Å². The zero-order chi connectivity index (χ0) is 13.7. The first kappa shape index (κ1) is 14.4. The average Bonchev–Trinajstić information content (AvgIpc) is 2.35. The lowest BCUT2D eigenvalue weighted by atomic mass is 10.0. The van der Waals surface area contributed by atoms with Crippen LogP contribution in [-0.2, 0) is 0 Å². The van der Waals surface area contributed by atoms with Gasteiger partial charge in [0.05, 0.1) is 5.69 Å². The van der Waals surface area contributed by atoms with Crippen LogP contribution in [0, 0.1) is 27.7 Å². The molecule has 0 fully saturated rings. The third-order valence-electron chi connectivity index (χ3n) is 3.01. The van der Waals surface area contributed by atoms with Crippen LogP contribution in [-0.4, -0.2) is 4.98 Å². The minimum atomic E-state index is 1.07. The normalized spacial score (nSPS) is 9.67. The largest absolute Gasteiger partial charge is 0.253 e. The highest BCUT2D eigenvalue weighted by molar-refractivity contribution is 5.64. The van der Waals surface area contributed by atoms with Crippen molar-refractivity contribution in [3.8, 4) is 11.3 Å². The first-order valence-corrected chi connectivity index (χ1v) is 6.60. The third-order valence-corrected chi connectivity index (χ3v) is 3.01. The fourth-order valence-corrected chi connectivity index (χ4v) is 1.88. The zero-order valence-electron chi connectivity index (χ0n) is 12.3. The molecule has 0 N–H and O–H groups in total. The molecule has 18 heavy (non-hydrogen) atoms. The van der Waals surface area contributed by atoms with E-state index in [1.807, 2.05) is 13.8 Å². The van der Waals surface area contributed by atoms with Crippen molar-refractivity contribution in [2.24, 2.45) is 0 Å². The summed E-state index contributed by atoms with van der Waals surface area (Å²) in [6, 6.07) is 10.7. The molecule has 1 heteroatoms. The molecular weight excluding hydrogens is 218 g/mol. The van der Waals surface area contributed by atoms with Crippen molar-refractivity contribution in [1.29, 1.82) is 0 Å². The van der Waals surface area contributed by atoms with Crippen molar-refractivity contribution in [3.63, 3.8) is 0 Å². The molecule has 2 rings (SSSR count). The van der Waals surface area contributed by atoms with Gasteiger partial charge in [-0.15, -0.1) is 0 Å². The Morgan fingerprint density at radius 2 is 1.44 bits per heavy atom. The van der Waals surface area contributed by atoms with Gasteiger partial charge in [0.1, 0.15) is 0 Å². The van der Waals surface area contributed by atoms with Crippen molar-refractivity contribution in [3.05, 3.63) is 52.7 Å². The van der Waals surface area contributed by atoms with Crippen molar-refractivity contribution in [2.45, 2.75) is 41.5 Å². The maximum Gasteiger partial charge on any atom is 0.0708 e. The molecule has 1 aromatic heterocycles. The number of rotatable bonds is 1. The first-order chi connectivity index (χ1) is 8.58. The molecule has 2 aromatic rings. The smallest absolute Gasteiger partial charge is 0.0708 e. The van der Waals surface area contributed by atoms with Crippen LogP contribution in [0.1, 0.15) is 36.2 Å². The van der Waals surface area contributed by atoms with Gasteiger partial charge < -0.3 is 0 Å². The summed E-state index contributed by atoms with van der Waals surface area (Å²) < 4.78 is 0. The van der Waals surface area contributed by atoms with Crippen LogP contribution in [0.4, 0.5) is 0 Å². The van der Waals surface area contributed by atoms with Gasteiger partial charge in [0.2, 0.25) is 0 Å². The van der Waals surface area contributed by atoms with E-state index in [2.05, 4.69) is 63.0 Å². The highest BCUT2D eigenvalue weighted by Crippen LogP contribution is 2.23. The van der Waals surface area contributed by atoms with Crippen molar-refractivity contribution in [2.75, 3.05) is 0 Å². The van der Waals surface area contributed by atoms with E-state index in [0.717, 1.165) is 11.4 Å². The summed E-state index contributed by atoms with van der Waals surface area (Å²) in [6.45, 7) is 12.4. The highest BCUT2D eigenvalue weighted by Gasteiger charge is 2.04. The van der Waals surface area contributed by atoms with E-state index in [9.17, 15) is 0 Å². The molecule has 0 radical (unpaired) electrons. The Bertz CT molecular complexity index is 527. The fraction of sp³-hybridized carbons (Fsp3) is 0.353. The Hall–Kier alpha value is -1.63. The van der Waals surface area contributed by atoms with Crippen molar-refractivity contribution >= 4 is 0 Å². The predicted molar refractivity (Wildman–Crippen MR) is 80.0 cm³/mol. The number of aromatic nitrogens is 1. The lowest BCUT2D eigenvalue weighted by Crippen LogP contribution is -1.92. The standard InChI is InChI=1S/C15H17N.C2H6/c1-10-5-7-14(12(3)9-10)15-8-6-11(2)13(4)16-15;1-2/h5-9H,1-4H3;1-2H3. The summed E-state index contributed by atoms with van der Waals surface area (Å²) in [7, 11) is 0. The molecule has 0 amide bonds. The summed E-state index contributed by atoms with van der Waals surface area (Å²) in [5.41, 5.74) is 7.24. The van der Waals surface area contributed by atoms with E-state index in [-0.39, 0.29) is 0 Å². The van der Waals surface area contributed by atoms with E-state index >= 15 is 0 Å². The molecule has 0 bridgehead atoms. The van der Waals surface area contributed by atoms with Gasteiger partial charge in [-0.05, 0) is 44.9 Å². The van der Waals surface area contributed by atoms with Gasteiger partial charge in [-0.1, -0.05) is 43.7 Å². The third kappa shape index (κ3) is 3.19. The summed E-state index contributed by atoms with van der Waals surface area (Å²) in [5, 5.41) is 0. The molecule has 0 aliphatic carbocycles. The molecule has 1 aromatic carbocycles. The number of aryl methyl sites for hydroxylation is 4. The molecule has 1 heterocycles. The Balaban J connectivity index is 0.000000771. The Labute approximate surface area is 111 Å². The quantitative estimate of drug-likeness (QED) is 0.684. The van der Waals surface area contributed by atoms with Crippen molar-refractivity contribution in [1.82, 2.24) is 4.98 Å². The van der Waals surface area contributed by atoms with Crippen LogP contribution in [0.15, 0.2) is 30.3 Å². The molecule has 0 saturated heterocycles. The fourth-order valence-electron chi connectivity index (χ4n) is 1.88. The van der Waals surface area contributed by atoms with Gasteiger partial charge in [0.15, 0.2) is 0 Å². The van der Waals surface area contributed by atoms with Crippen LogP contribution < -0.4 is 0 Å². The van der Waals surface area contributed by atoms with Gasteiger partial charge >= 0.3 is 0 Å². The van der Waals surface area contributed by atoms with Gasteiger partial charge in [-0.25, -0.2) is 0 Å². The lowest BCUT2D eigenvalue weighted by Gasteiger charge is -2.08. The molecule has 0 aliphatic heterocycles. The first-order valence-electron chi connectivity index (χ1n) is 6.60. The van der Waals surface area contributed by atoms with Gasteiger partial charge in [-0.2, -0.15) is 0 Å². The van der Waals surface area contributed by atoms with Crippen LogP contribution in [0.3, 0.4) is 0 Å². The summed E-state index contributed by atoms with van der Waals surface area (Å²) in [4.78, 5) is 4.63. The number of benzene rings is 1. The average molecular weight is 241 g/mol. The number of pyridine rings is 1. The monoisotopic (exact) mass is 241 g/mol. The van der Waals surface area contributed by atoms with E-state index in [4.69, 9.17) is 0 Å². The molecule has 1 nitrogen and oxygen atoms in total. The molecule has 0 spiro atoms. The Morgan fingerprint density at radius 3 is 2.00 bits per heavy atom. The number of hydrogen-bond donors (Lipinski definition) is 0. The van der Waals surface area contributed by atoms with Gasteiger partial charge in [-0.3, -0.25) is 4.98 Å². The minimum absolute atomic E-state index is 1.07. The predicted octanol–water partition coefficient (Wildman–Crippen LogP) is 5.01. The molecule has 96 valence electrons. The second kappa shape index (κ2) is 6.34. The second-order valence-corrected chi connectivity index (χ2v) is 4.42. The Morgan fingerprint density at radius 1 is 0.778 bits per heavy atom. The zero-order valence-corrected chi connectivity index (χ0v) is 12.3. The molecule has 0 unspecified atom stereocenters. The Kier molecular flexibility index (Phi) is 5.08. The van der Waals surface area contributed by atoms with Crippen LogP contribution in [0.25, 0.3) is 11.3 Å². The molecule has 0 saturated carbocycles. The van der Waals surface area contributed by atoms with E-state index in [0.29, 0.717) is 0 Å². The van der Waals surface area contributed by atoms with E-state index in [1.54, 1.807) is 0 Å². The van der Waals surface area contributed by atoms with E-state index < -0.39 is 0 Å². The minimum Gasteiger partial charge on any atom is -0.253 e. The van der Waals surface area contributed by atoms with Gasteiger partial charge in [0.25, 0.3) is 0 Å². The topological polar surface area (TPSA) is 12.9 Å². The van der Waals surface area contributed by atoms with Crippen molar-refractivity contribution < 1.29 is 0 Å². The summed E-state index contributed by atoms with van der Waals surface area (Å²) in [5.74, 6) is 0. The highest BCUT2D eigenvalue weighted by atomic mass is 14.7. The number of hydrogen-bond acceptors (Lipinski definition) is 1. The molecular formula is C17H23N. The van der Waals surface area contributed by atoms with Gasteiger partial charge in [0, 0.05) is 11.3 Å². The molecule has 0 aliphatic rings. The molecule has 0 atom stereocenters. The maximum absolute atomic E-state index is 4.63. The maximum atomic E-state index is 4.63.